The lowest BCUT2D eigenvalue weighted by atomic mass is 10.1. The van der Waals surface area contributed by atoms with E-state index in [4.69, 9.17) is 4.55 Å². The lowest BCUT2D eigenvalue weighted by Crippen LogP contribution is -2.56. The minimum atomic E-state index is -6.82. The topological polar surface area (TPSA) is 46.5 Å². The molecule has 0 radical (unpaired) electrons. The number of hydrogen-bond acceptors (Lipinski definition) is 2. The van der Waals surface area contributed by atoms with E-state index in [-0.39, 0.29) is 0 Å². The van der Waals surface area contributed by atoms with Gasteiger partial charge in [0.1, 0.15) is 0 Å². The van der Waals surface area contributed by atoms with Crippen LogP contribution in [0.25, 0.3) is 0 Å². The van der Waals surface area contributed by atoms with E-state index in [1.165, 1.54) is 0 Å². The lowest BCUT2D eigenvalue weighted by molar-refractivity contribution is -0.323. The zero-order chi connectivity index (χ0) is 14.8. The van der Waals surface area contributed by atoms with Crippen LogP contribution in [0.3, 0.4) is 0 Å². The monoisotopic (exact) mass is 312 g/mol. The smallest absolute Gasteiger partial charge is 0.284 e. The molecule has 0 amide bonds. The molecule has 1 atom stereocenters. The van der Waals surface area contributed by atoms with Crippen LogP contribution in [-0.4, -0.2) is 38.3 Å². The third-order valence-corrected chi connectivity index (χ3v) is 2.55. The summed E-state index contributed by atoms with van der Waals surface area (Å²) in [6.45, 7) is 0. The number of halogens is 9. The zero-order valence-corrected chi connectivity index (χ0v) is 8.39. The van der Waals surface area contributed by atoms with Crippen LogP contribution in [0, 0.1) is 0 Å². The molecule has 0 saturated heterocycles. The van der Waals surface area contributed by atoms with Crippen LogP contribution >= 0.6 is 0 Å². The lowest BCUT2D eigenvalue weighted by Gasteiger charge is -2.28. The predicted octanol–water partition coefficient (Wildman–Crippen LogP) is 2.36. The Morgan fingerprint density at radius 1 is 0.722 bits per heavy atom. The Kier molecular flexibility index (Phi) is 3.02. The van der Waals surface area contributed by atoms with Gasteiger partial charge in [-0.05, 0) is 0 Å². The second kappa shape index (κ2) is 3.50. The molecule has 0 aliphatic heterocycles. The maximum Gasteiger partial charge on any atom is 0.384 e. The summed E-state index contributed by atoms with van der Waals surface area (Å²) in [7, 11) is 0. The van der Waals surface area contributed by atoms with Gasteiger partial charge in [0.25, 0.3) is 0 Å². The molecule has 0 spiro atoms. The summed E-state index contributed by atoms with van der Waals surface area (Å²) in [5.74, 6) is -33.4. The van der Waals surface area contributed by atoms with Gasteiger partial charge in [0.15, 0.2) is 0 Å². The summed E-state index contributed by atoms with van der Waals surface area (Å²) < 4.78 is 134. The van der Waals surface area contributed by atoms with Crippen LogP contribution < -0.4 is 0 Å². The summed E-state index contributed by atoms with van der Waals surface area (Å²) in [6.07, 6.45) is 0. The van der Waals surface area contributed by atoms with Gasteiger partial charge in [0.05, 0.1) is 0 Å². The fourth-order valence-electron chi connectivity index (χ4n) is 1.20. The Bertz CT molecular complexity index is 368. The van der Waals surface area contributed by atoms with Crippen LogP contribution in [0.5, 0.6) is 0 Å². The SMILES string of the molecule is O=S(O)OC1(F)C(F)(F)C(F)(F)C(F)(F)C1(F)F. The van der Waals surface area contributed by atoms with Crippen LogP contribution in [0.2, 0.25) is 0 Å². The summed E-state index contributed by atoms with van der Waals surface area (Å²) in [5.41, 5.74) is 0. The van der Waals surface area contributed by atoms with E-state index in [9.17, 15) is 43.7 Å². The highest BCUT2D eigenvalue weighted by atomic mass is 32.2. The molecule has 3 nitrogen and oxygen atoms in total. The van der Waals surface area contributed by atoms with Crippen molar-refractivity contribution in [2.24, 2.45) is 0 Å². The third kappa shape index (κ3) is 1.32. The Hall–Kier alpha value is -0.560. The zero-order valence-electron chi connectivity index (χ0n) is 7.57. The quantitative estimate of drug-likeness (QED) is 0.629. The third-order valence-electron chi connectivity index (χ3n) is 2.18. The molecular formula is C5HF9O3S. The summed E-state index contributed by atoms with van der Waals surface area (Å²) in [6, 6.07) is 0. The van der Waals surface area contributed by atoms with Gasteiger partial charge in [0, 0.05) is 0 Å². The van der Waals surface area contributed by atoms with Crippen molar-refractivity contribution >= 4 is 11.4 Å². The van der Waals surface area contributed by atoms with E-state index in [1.54, 1.807) is 0 Å². The average molecular weight is 312 g/mol. The molecule has 0 aromatic rings. The molecule has 0 aromatic heterocycles. The van der Waals surface area contributed by atoms with Crippen molar-refractivity contribution in [3.05, 3.63) is 0 Å². The molecule has 0 aromatic carbocycles. The maximum atomic E-state index is 13.1. The second-order valence-electron chi connectivity index (χ2n) is 3.19. The number of hydrogen-bond donors (Lipinski definition) is 1. The number of rotatable bonds is 2. The summed E-state index contributed by atoms with van der Waals surface area (Å²) in [5, 5.41) is 0. The van der Waals surface area contributed by atoms with Crippen molar-refractivity contribution in [3.8, 4) is 0 Å². The molecule has 1 unspecified atom stereocenters. The van der Waals surface area contributed by atoms with Crippen LogP contribution in [0.1, 0.15) is 0 Å². The van der Waals surface area contributed by atoms with Gasteiger partial charge in [-0.3, -0.25) is 4.55 Å². The largest absolute Gasteiger partial charge is 0.384 e. The van der Waals surface area contributed by atoms with Gasteiger partial charge in [0.2, 0.25) is 0 Å². The minimum absolute atomic E-state index is 2.40. The fourth-order valence-corrected chi connectivity index (χ4v) is 1.60. The van der Waals surface area contributed by atoms with Crippen molar-refractivity contribution in [1.29, 1.82) is 0 Å². The van der Waals surface area contributed by atoms with E-state index < -0.39 is 40.9 Å². The minimum Gasteiger partial charge on any atom is -0.284 e. The van der Waals surface area contributed by atoms with Gasteiger partial charge < -0.3 is 0 Å². The number of alkyl halides is 9. The average Bonchev–Trinajstić information content (AvgIpc) is 2.17. The maximum absolute atomic E-state index is 13.1. The van der Waals surface area contributed by atoms with Crippen LogP contribution in [0.15, 0.2) is 0 Å². The Balaban J connectivity index is 3.57. The van der Waals surface area contributed by atoms with Crippen molar-refractivity contribution < 1.29 is 52.5 Å². The predicted molar refractivity (Wildman–Crippen MR) is 35.5 cm³/mol. The van der Waals surface area contributed by atoms with Crippen molar-refractivity contribution in [2.45, 2.75) is 29.5 Å². The molecule has 13 heteroatoms. The molecule has 18 heavy (non-hydrogen) atoms. The molecule has 1 rings (SSSR count). The molecule has 1 N–H and O–H groups in total. The summed E-state index contributed by atoms with van der Waals surface area (Å²) >= 11 is -4.26. The van der Waals surface area contributed by atoms with Gasteiger partial charge in [-0.25, -0.2) is 4.18 Å². The molecule has 1 saturated carbocycles. The first-order chi connectivity index (χ1) is 7.67. The molecule has 1 aliphatic rings. The van der Waals surface area contributed by atoms with E-state index in [2.05, 4.69) is 4.18 Å². The van der Waals surface area contributed by atoms with Gasteiger partial charge in [-0.15, -0.1) is 0 Å². The van der Waals surface area contributed by atoms with Gasteiger partial charge >= 0.3 is 40.9 Å². The summed E-state index contributed by atoms with van der Waals surface area (Å²) in [4.78, 5) is 0. The molecule has 1 fully saturated rings. The van der Waals surface area contributed by atoms with Crippen molar-refractivity contribution in [1.82, 2.24) is 0 Å². The first kappa shape index (κ1) is 15.5. The molecular weight excluding hydrogens is 311 g/mol. The Morgan fingerprint density at radius 3 is 1.22 bits per heavy atom. The molecule has 108 valence electrons. The first-order valence-corrected chi connectivity index (χ1v) is 4.70. The molecule has 1 aliphatic carbocycles. The van der Waals surface area contributed by atoms with E-state index in [0.29, 0.717) is 0 Å². The normalized spacial score (nSPS) is 32.1. The molecule has 0 bridgehead atoms. The first-order valence-electron chi connectivity index (χ1n) is 3.67. The van der Waals surface area contributed by atoms with Crippen molar-refractivity contribution in [3.63, 3.8) is 0 Å². The standard InChI is InChI=1S/C5HF9O3S/c6-1(7)2(8,9)4(12,13)5(14,3(1,10)11)17-18(15)16/h(H,15,16). The van der Waals surface area contributed by atoms with Crippen LogP contribution in [-0.2, 0) is 15.5 Å². The van der Waals surface area contributed by atoms with Gasteiger partial charge in [-0.2, -0.15) is 43.7 Å². The highest BCUT2D eigenvalue weighted by Crippen LogP contribution is 2.69. The highest BCUT2D eigenvalue weighted by molar-refractivity contribution is 7.74. The van der Waals surface area contributed by atoms with Crippen molar-refractivity contribution in [2.75, 3.05) is 0 Å². The second-order valence-corrected chi connectivity index (χ2v) is 3.79. The van der Waals surface area contributed by atoms with Gasteiger partial charge in [-0.1, -0.05) is 0 Å². The van der Waals surface area contributed by atoms with Crippen LogP contribution in [0.4, 0.5) is 39.5 Å². The molecule has 0 heterocycles. The van der Waals surface area contributed by atoms with E-state index >= 15 is 0 Å². The van der Waals surface area contributed by atoms with E-state index in [0.717, 1.165) is 0 Å². The highest BCUT2D eigenvalue weighted by Gasteiger charge is 3.02. The van der Waals surface area contributed by atoms with E-state index in [1.807, 2.05) is 0 Å². The Labute approximate surface area is 94.4 Å². The Morgan fingerprint density at radius 2 is 1.00 bits per heavy atom. The fraction of sp³-hybridized carbons (Fsp3) is 1.00.